The lowest BCUT2D eigenvalue weighted by molar-refractivity contribution is -0.114. The molecule has 0 aromatic heterocycles. The van der Waals surface area contributed by atoms with Crippen LogP contribution in [0.1, 0.15) is 73.3 Å². The van der Waals surface area contributed by atoms with E-state index in [1.165, 1.54) is 22.3 Å². The Morgan fingerprint density at radius 3 is 2.26 bits per heavy atom. The van der Waals surface area contributed by atoms with Gasteiger partial charge in [0.2, 0.25) is 5.91 Å². The molecule has 3 nitrogen and oxygen atoms in total. The van der Waals surface area contributed by atoms with Crippen LogP contribution in [0.2, 0.25) is 5.02 Å². The quantitative estimate of drug-likeness (QED) is 0.394. The van der Waals surface area contributed by atoms with Crippen molar-refractivity contribution in [3.8, 4) is 0 Å². The van der Waals surface area contributed by atoms with Gasteiger partial charge in [-0.25, -0.2) is 0 Å². The largest absolute Gasteiger partial charge is 0.339 e. The predicted octanol–water partition coefficient (Wildman–Crippen LogP) is 8.00. The van der Waals surface area contributed by atoms with Crippen LogP contribution in [0.25, 0.3) is 0 Å². The van der Waals surface area contributed by atoms with E-state index in [1.54, 1.807) is 0 Å². The first-order valence-electron chi connectivity index (χ1n) is 12.0. The van der Waals surface area contributed by atoms with E-state index in [0.29, 0.717) is 16.9 Å². The van der Waals surface area contributed by atoms with E-state index >= 15 is 0 Å². The summed E-state index contributed by atoms with van der Waals surface area (Å²) in [4.78, 5) is 15.3. The number of hydrogen-bond acceptors (Lipinski definition) is 2. The predicted molar refractivity (Wildman–Crippen MR) is 144 cm³/mol. The summed E-state index contributed by atoms with van der Waals surface area (Å²) >= 11 is 6.40. The maximum Gasteiger partial charge on any atom is 0.244 e. The van der Waals surface area contributed by atoms with Gasteiger partial charge in [-0.1, -0.05) is 87.8 Å². The highest BCUT2D eigenvalue weighted by atomic mass is 35.5. The average Bonchev–Trinajstić information content (AvgIpc) is 2.79. The maximum atomic E-state index is 13.3. The number of halogens is 1. The zero-order valence-corrected chi connectivity index (χ0v) is 21.4. The lowest BCUT2D eigenvalue weighted by Crippen LogP contribution is -2.32. The minimum absolute atomic E-state index is 0.0325. The Labute approximate surface area is 208 Å². The van der Waals surface area contributed by atoms with Gasteiger partial charge >= 0.3 is 0 Å². The van der Waals surface area contributed by atoms with Gasteiger partial charge < -0.3 is 10.2 Å². The Bertz CT molecular complexity index is 1200. The van der Waals surface area contributed by atoms with Gasteiger partial charge in [0.15, 0.2) is 0 Å². The summed E-state index contributed by atoms with van der Waals surface area (Å²) in [5.74, 6) is 0.710. The first-order chi connectivity index (χ1) is 16.3. The van der Waals surface area contributed by atoms with Gasteiger partial charge in [0.1, 0.15) is 6.54 Å². The fourth-order valence-corrected chi connectivity index (χ4v) is 4.96. The van der Waals surface area contributed by atoms with Crippen molar-refractivity contribution in [2.24, 2.45) is 0 Å². The fraction of sp³-hybridized carbons (Fsp3) is 0.300. The summed E-state index contributed by atoms with van der Waals surface area (Å²) in [6.45, 7) is 11.0. The van der Waals surface area contributed by atoms with Crippen LogP contribution in [0.3, 0.4) is 0 Å². The number of para-hydroxylation sites is 1. The van der Waals surface area contributed by atoms with Crippen molar-refractivity contribution in [1.29, 1.82) is 0 Å². The SMILES string of the molecule is Cc1ccccc1C1C=CN(CC(=O)Nc2c(C(C)C)cccc2C(C)C)c2ccc(Cl)cc21. The zero-order chi connectivity index (χ0) is 24.4. The number of hydrogen-bond donors (Lipinski definition) is 1. The molecule has 1 aliphatic rings. The molecule has 4 heteroatoms. The monoisotopic (exact) mass is 472 g/mol. The van der Waals surface area contributed by atoms with Crippen LogP contribution in [0.15, 0.2) is 72.9 Å². The number of allylic oxidation sites excluding steroid dienone is 1. The molecule has 4 rings (SSSR count). The molecule has 1 atom stereocenters. The molecule has 1 amide bonds. The van der Waals surface area contributed by atoms with E-state index in [9.17, 15) is 4.79 Å². The third-order valence-electron chi connectivity index (χ3n) is 6.57. The molecule has 0 bridgehead atoms. The molecule has 3 aromatic carbocycles. The van der Waals surface area contributed by atoms with Gasteiger partial charge in [0.05, 0.1) is 0 Å². The molecule has 0 spiro atoms. The minimum Gasteiger partial charge on any atom is -0.339 e. The number of carbonyl (C=O) groups is 1. The number of carbonyl (C=O) groups excluding carboxylic acids is 1. The zero-order valence-electron chi connectivity index (χ0n) is 20.6. The average molecular weight is 473 g/mol. The first kappa shape index (κ1) is 24.1. The number of nitrogens with zero attached hydrogens (tertiary/aromatic N) is 1. The first-order valence-corrected chi connectivity index (χ1v) is 12.4. The van der Waals surface area contributed by atoms with E-state index in [1.807, 2.05) is 29.3 Å². The van der Waals surface area contributed by atoms with Crippen molar-refractivity contribution in [2.75, 3.05) is 16.8 Å². The summed E-state index contributed by atoms with van der Waals surface area (Å²) in [6, 6.07) is 20.6. The second-order valence-corrected chi connectivity index (χ2v) is 10.1. The maximum absolute atomic E-state index is 13.3. The van der Waals surface area contributed by atoms with Crippen LogP contribution < -0.4 is 10.2 Å². The summed E-state index contributed by atoms with van der Waals surface area (Å²) in [5, 5.41) is 3.94. The molecule has 1 N–H and O–H groups in total. The van der Waals surface area contributed by atoms with E-state index < -0.39 is 0 Å². The molecule has 3 aromatic rings. The Hall–Kier alpha value is -3.04. The van der Waals surface area contributed by atoms with Crippen molar-refractivity contribution >= 4 is 28.9 Å². The fourth-order valence-electron chi connectivity index (χ4n) is 4.78. The second kappa shape index (κ2) is 10.1. The van der Waals surface area contributed by atoms with Crippen LogP contribution in [0.4, 0.5) is 11.4 Å². The highest BCUT2D eigenvalue weighted by molar-refractivity contribution is 6.30. The number of nitrogens with one attached hydrogen (secondary N) is 1. The van der Waals surface area contributed by atoms with Gasteiger partial charge in [0.25, 0.3) is 0 Å². The number of rotatable bonds is 6. The second-order valence-electron chi connectivity index (χ2n) is 9.68. The van der Waals surface area contributed by atoms with Crippen LogP contribution in [0.5, 0.6) is 0 Å². The number of fused-ring (bicyclic) bond motifs is 1. The molecular formula is C30H33ClN2O. The Kier molecular flexibility index (Phi) is 7.13. The normalized spacial score (nSPS) is 15.1. The van der Waals surface area contributed by atoms with Crippen molar-refractivity contribution in [3.05, 3.63) is 106 Å². The third kappa shape index (κ3) is 4.90. The van der Waals surface area contributed by atoms with Crippen LogP contribution in [-0.4, -0.2) is 12.5 Å². The molecule has 0 fully saturated rings. The van der Waals surface area contributed by atoms with Crippen LogP contribution in [0, 0.1) is 6.92 Å². The van der Waals surface area contributed by atoms with Crippen LogP contribution >= 0.6 is 11.6 Å². The lowest BCUT2D eigenvalue weighted by atomic mass is 9.85. The van der Waals surface area contributed by atoms with Gasteiger partial charge in [-0.3, -0.25) is 4.79 Å². The molecule has 1 heterocycles. The summed E-state index contributed by atoms with van der Waals surface area (Å²) in [7, 11) is 0. The Morgan fingerprint density at radius 1 is 0.941 bits per heavy atom. The molecule has 1 unspecified atom stereocenters. The highest BCUT2D eigenvalue weighted by Crippen LogP contribution is 2.40. The number of aryl methyl sites for hydroxylation is 1. The topological polar surface area (TPSA) is 32.3 Å². The number of amides is 1. The van der Waals surface area contributed by atoms with Crippen LogP contribution in [-0.2, 0) is 4.79 Å². The van der Waals surface area contributed by atoms with Gasteiger partial charge in [-0.05, 0) is 64.8 Å². The van der Waals surface area contributed by atoms with E-state index in [0.717, 1.165) is 16.9 Å². The summed E-state index contributed by atoms with van der Waals surface area (Å²) < 4.78 is 0. The minimum atomic E-state index is -0.0325. The Balaban J connectivity index is 1.64. The molecule has 0 radical (unpaired) electrons. The molecule has 176 valence electrons. The number of anilines is 2. The standard InChI is InChI=1S/C30H33ClN2O/c1-19(2)23-11-8-12-24(20(3)4)30(23)32-29(34)18-33-16-15-26(25-10-7-6-9-21(25)5)27-17-22(31)13-14-28(27)33/h6-17,19-20,26H,18H2,1-5H3,(H,32,34). The molecule has 0 aliphatic carbocycles. The van der Waals surface area contributed by atoms with Gasteiger partial charge in [-0.2, -0.15) is 0 Å². The molecule has 0 saturated heterocycles. The molecular weight excluding hydrogens is 440 g/mol. The smallest absolute Gasteiger partial charge is 0.244 e. The number of benzene rings is 3. The Morgan fingerprint density at radius 2 is 1.62 bits per heavy atom. The summed E-state index contributed by atoms with van der Waals surface area (Å²) in [5.41, 5.74) is 7.90. The van der Waals surface area contributed by atoms with Crippen molar-refractivity contribution in [2.45, 2.75) is 52.4 Å². The molecule has 0 saturated carbocycles. The van der Waals surface area contributed by atoms with Gasteiger partial charge in [-0.15, -0.1) is 0 Å². The highest BCUT2D eigenvalue weighted by Gasteiger charge is 2.25. The van der Waals surface area contributed by atoms with Crippen molar-refractivity contribution in [3.63, 3.8) is 0 Å². The van der Waals surface area contributed by atoms with E-state index in [2.05, 4.69) is 88.5 Å². The van der Waals surface area contributed by atoms with E-state index in [4.69, 9.17) is 11.6 Å². The molecule has 34 heavy (non-hydrogen) atoms. The third-order valence-corrected chi connectivity index (χ3v) is 6.80. The van der Waals surface area contributed by atoms with Gasteiger partial charge in [0, 0.05) is 28.5 Å². The molecule has 1 aliphatic heterocycles. The summed E-state index contributed by atoms with van der Waals surface area (Å²) in [6.07, 6.45) is 4.19. The van der Waals surface area contributed by atoms with Crippen molar-refractivity contribution < 1.29 is 4.79 Å². The van der Waals surface area contributed by atoms with E-state index in [-0.39, 0.29) is 18.4 Å². The lowest BCUT2D eigenvalue weighted by Gasteiger charge is -2.31. The van der Waals surface area contributed by atoms with Crippen molar-refractivity contribution in [1.82, 2.24) is 0 Å².